The van der Waals surface area contributed by atoms with E-state index in [1.54, 1.807) is 0 Å². The average molecular weight is 328 g/mol. The Labute approximate surface area is 142 Å². The quantitative estimate of drug-likeness (QED) is 0.852. The number of hydrogen-bond acceptors (Lipinski definition) is 3. The molecule has 1 N–H and O–H groups in total. The van der Waals surface area contributed by atoms with Crippen LogP contribution in [0.4, 0.5) is 0 Å². The van der Waals surface area contributed by atoms with E-state index in [4.69, 9.17) is 0 Å². The van der Waals surface area contributed by atoms with Crippen molar-refractivity contribution in [2.75, 3.05) is 5.75 Å². The van der Waals surface area contributed by atoms with Crippen molar-refractivity contribution in [3.05, 3.63) is 36.4 Å². The smallest absolute Gasteiger partial charge is 0.230 e. The monoisotopic (exact) mass is 328 g/mol. The fraction of sp³-hybridized carbons (Fsp3) is 0.474. The van der Waals surface area contributed by atoms with Crippen LogP contribution in [0.25, 0.3) is 10.9 Å². The van der Waals surface area contributed by atoms with Crippen LogP contribution in [0.2, 0.25) is 0 Å². The van der Waals surface area contributed by atoms with Crippen LogP contribution in [0.5, 0.6) is 0 Å². The largest absolute Gasteiger partial charge is 0.352 e. The number of fused-ring (bicyclic) bond motifs is 1. The second-order valence-corrected chi connectivity index (χ2v) is 7.57. The van der Waals surface area contributed by atoms with Crippen LogP contribution in [0.3, 0.4) is 0 Å². The average Bonchev–Trinajstić information content (AvgIpc) is 2.57. The van der Waals surface area contributed by atoms with E-state index in [2.05, 4.69) is 36.3 Å². The molecule has 0 spiro atoms. The Kier molecular flexibility index (Phi) is 5.21. The number of hydrogen-bond donors (Lipinski definition) is 1. The van der Waals surface area contributed by atoms with Crippen molar-refractivity contribution in [2.45, 2.75) is 44.2 Å². The third-order valence-electron chi connectivity index (χ3n) is 4.98. The topological polar surface area (TPSA) is 42.0 Å². The Hall–Kier alpha value is -1.55. The van der Waals surface area contributed by atoms with Crippen LogP contribution < -0.4 is 5.32 Å². The standard InChI is InChI=1S/C19H24N2OS/c1-13-6-5-9-16(14(13)2)20-18(22)12-23-19-11-10-15-7-3-4-8-17(15)21-19/h3-4,7-8,10-11,13-14,16H,5-6,9,12H2,1-2H3,(H,20,22)/t13-,14+,16+/m0/s1. The summed E-state index contributed by atoms with van der Waals surface area (Å²) in [5.41, 5.74) is 0.979. The van der Waals surface area contributed by atoms with Gasteiger partial charge in [0.15, 0.2) is 0 Å². The van der Waals surface area contributed by atoms with Gasteiger partial charge in [0.05, 0.1) is 16.3 Å². The predicted octanol–water partition coefficient (Wildman–Crippen LogP) is 4.27. The third kappa shape index (κ3) is 4.05. The predicted molar refractivity (Wildman–Crippen MR) is 96.6 cm³/mol. The molecule has 4 heteroatoms. The number of pyridine rings is 1. The summed E-state index contributed by atoms with van der Waals surface area (Å²) in [6, 6.07) is 12.4. The molecule has 1 aliphatic rings. The summed E-state index contributed by atoms with van der Waals surface area (Å²) in [5, 5.41) is 5.26. The second kappa shape index (κ2) is 7.35. The molecule has 122 valence electrons. The molecule has 0 saturated heterocycles. The summed E-state index contributed by atoms with van der Waals surface area (Å²) in [5.74, 6) is 1.82. The molecular formula is C19H24N2OS. The van der Waals surface area contributed by atoms with Crippen molar-refractivity contribution < 1.29 is 4.79 Å². The number of amides is 1. The lowest BCUT2D eigenvalue weighted by molar-refractivity contribution is -0.119. The first-order valence-corrected chi connectivity index (χ1v) is 9.40. The highest BCUT2D eigenvalue weighted by Crippen LogP contribution is 2.29. The number of para-hydroxylation sites is 1. The number of rotatable bonds is 4. The van der Waals surface area contributed by atoms with E-state index >= 15 is 0 Å². The van der Waals surface area contributed by atoms with Gasteiger partial charge in [0.25, 0.3) is 0 Å². The van der Waals surface area contributed by atoms with Crippen molar-refractivity contribution in [1.29, 1.82) is 0 Å². The molecule has 0 aliphatic heterocycles. The van der Waals surface area contributed by atoms with E-state index in [9.17, 15) is 4.79 Å². The molecule has 1 saturated carbocycles. The van der Waals surface area contributed by atoms with Crippen molar-refractivity contribution >= 4 is 28.6 Å². The zero-order valence-electron chi connectivity index (χ0n) is 13.8. The van der Waals surface area contributed by atoms with Crippen LogP contribution in [-0.4, -0.2) is 22.7 Å². The van der Waals surface area contributed by atoms with Crippen LogP contribution in [0.1, 0.15) is 33.1 Å². The van der Waals surface area contributed by atoms with Crippen LogP contribution in [0.15, 0.2) is 41.4 Å². The lowest BCUT2D eigenvalue weighted by Crippen LogP contribution is -2.44. The number of nitrogens with zero attached hydrogens (tertiary/aromatic N) is 1. The van der Waals surface area contributed by atoms with Crippen LogP contribution in [-0.2, 0) is 4.79 Å². The molecule has 1 aromatic heterocycles. The molecule has 0 radical (unpaired) electrons. The summed E-state index contributed by atoms with van der Waals surface area (Å²) in [4.78, 5) is 16.8. The van der Waals surface area contributed by atoms with Gasteiger partial charge in [0.1, 0.15) is 0 Å². The van der Waals surface area contributed by atoms with E-state index < -0.39 is 0 Å². The number of thioether (sulfide) groups is 1. The molecular weight excluding hydrogens is 304 g/mol. The molecule has 23 heavy (non-hydrogen) atoms. The van der Waals surface area contributed by atoms with Crippen molar-refractivity contribution in [3.8, 4) is 0 Å². The number of nitrogens with one attached hydrogen (secondary N) is 1. The molecule has 1 heterocycles. The number of aromatic nitrogens is 1. The third-order valence-corrected chi connectivity index (χ3v) is 5.91. The van der Waals surface area contributed by atoms with Crippen LogP contribution in [0, 0.1) is 11.8 Å². The molecule has 1 aromatic carbocycles. The van der Waals surface area contributed by atoms with E-state index in [0.717, 1.165) is 22.3 Å². The highest BCUT2D eigenvalue weighted by atomic mass is 32.2. The van der Waals surface area contributed by atoms with E-state index in [-0.39, 0.29) is 5.91 Å². The van der Waals surface area contributed by atoms with Gasteiger partial charge in [-0.25, -0.2) is 4.98 Å². The summed E-state index contributed by atoms with van der Waals surface area (Å²) < 4.78 is 0. The fourth-order valence-electron chi connectivity index (χ4n) is 3.30. The van der Waals surface area contributed by atoms with Crippen molar-refractivity contribution in [2.24, 2.45) is 11.8 Å². The van der Waals surface area contributed by atoms with Crippen molar-refractivity contribution in [3.63, 3.8) is 0 Å². The van der Waals surface area contributed by atoms with Gasteiger partial charge in [0, 0.05) is 11.4 Å². The number of benzene rings is 1. The maximum absolute atomic E-state index is 12.2. The molecule has 0 bridgehead atoms. The van der Waals surface area contributed by atoms with Gasteiger partial charge < -0.3 is 5.32 Å². The Morgan fingerprint density at radius 3 is 2.91 bits per heavy atom. The molecule has 1 amide bonds. The van der Waals surface area contributed by atoms with Gasteiger partial charge in [-0.1, -0.05) is 62.7 Å². The van der Waals surface area contributed by atoms with E-state index in [1.807, 2.05) is 24.3 Å². The first-order valence-electron chi connectivity index (χ1n) is 8.41. The Balaban J connectivity index is 1.55. The normalized spacial score (nSPS) is 24.5. The minimum atomic E-state index is 0.121. The maximum Gasteiger partial charge on any atom is 0.230 e. The fourth-order valence-corrected chi connectivity index (χ4v) is 3.99. The molecule has 3 nitrogen and oxygen atoms in total. The van der Waals surface area contributed by atoms with Gasteiger partial charge in [-0.15, -0.1) is 0 Å². The highest BCUT2D eigenvalue weighted by molar-refractivity contribution is 7.99. The zero-order chi connectivity index (χ0) is 16.2. The van der Waals surface area contributed by atoms with Gasteiger partial charge in [-0.3, -0.25) is 4.79 Å². The van der Waals surface area contributed by atoms with Crippen molar-refractivity contribution in [1.82, 2.24) is 10.3 Å². The summed E-state index contributed by atoms with van der Waals surface area (Å²) >= 11 is 1.51. The van der Waals surface area contributed by atoms with E-state index in [1.165, 1.54) is 24.6 Å². The molecule has 3 atom stereocenters. The lowest BCUT2D eigenvalue weighted by atomic mass is 9.78. The molecule has 0 unspecified atom stereocenters. The summed E-state index contributed by atoms with van der Waals surface area (Å²) in [6.07, 6.45) is 3.61. The second-order valence-electron chi connectivity index (χ2n) is 6.57. The number of carbonyl (C=O) groups is 1. The zero-order valence-corrected chi connectivity index (χ0v) is 14.6. The maximum atomic E-state index is 12.2. The molecule has 3 rings (SSSR count). The molecule has 1 aliphatic carbocycles. The SMILES string of the molecule is C[C@@H]1[C@@H](C)CCC[C@H]1NC(=O)CSc1ccc2ccccc2n1. The van der Waals surface area contributed by atoms with Crippen LogP contribution >= 0.6 is 11.8 Å². The van der Waals surface area contributed by atoms with Gasteiger partial charge >= 0.3 is 0 Å². The minimum absolute atomic E-state index is 0.121. The summed E-state index contributed by atoms with van der Waals surface area (Å²) in [7, 11) is 0. The van der Waals surface area contributed by atoms with E-state index in [0.29, 0.717) is 23.6 Å². The Morgan fingerprint density at radius 2 is 2.04 bits per heavy atom. The lowest BCUT2D eigenvalue weighted by Gasteiger charge is -2.34. The highest BCUT2D eigenvalue weighted by Gasteiger charge is 2.27. The Bertz CT molecular complexity index is 688. The van der Waals surface area contributed by atoms with Gasteiger partial charge in [-0.2, -0.15) is 0 Å². The molecule has 2 aromatic rings. The first kappa shape index (κ1) is 16.3. The van der Waals surface area contributed by atoms with Gasteiger partial charge in [-0.05, 0) is 30.4 Å². The Morgan fingerprint density at radius 1 is 1.22 bits per heavy atom. The van der Waals surface area contributed by atoms with Gasteiger partial charge in [0.2, 0.25) is 5.91 Å². The number of carbonyl (C=O) groups excluding carboxylic acids is 1. The first-order chi connectivity index (χ1) is 11.1. The minimum Gasteiger partial charge on any atom is -0.352 e. The molecule has 1 fully saturated rings. The summed E-state index contributed by atoms with van der Waals surface area (Å²) in [6.45, 7) is 4.55.